The lowest BCUT2D eigenvalue weighted by Gasteiger charge is -1.93. The Morgan fingerprint density at radius 3 is 3.20 bits per heavy atom. The Balaban J connectivity index is 2.38. The largest absolute Gasteiger partial charge is 0.354 e. The van der Waals surface area contributed by atoms with Gasteiger partial charge in [-0.05, 0) is 18.2 Å². The molecule has 15 heavy (non-hydrogen) atoms. The van der Waals surface area contributed by atoms with E-state index in [0.717, 1.165) is 16.6 Å². The second-order valence-electron chi connectivity index (χ2n) is 3.71. The Labute approximate surface area is 85.2 Å². The number of aliphatic imine (C=N–C) groups is 1. The first kappa shape index (κ1) is 7.17. The van der Waals surface area contributed by atoms with Gasteiger partial charge in [0.25, 0.3) is 0 Å². The van der Waals surface area contributed by atoms with Gasteiger partial charge in [0.05, 0.1) is 5.69 Å². The molecule has 2 heterocycles. The fraction of sp³-hybridized carbons (Fsp3) is 0. The molecule has 3 nitrogen and oxygen atoms in total. The van der Waals surface area contributed by atoms with E-state index >= 15 is 0 Å². The summed E-state index contributed by atoms with van der Waals surface area (Å²) >= 11 is 0. The normalized spacial score (nSPS) is 15.2. The van der Waals surface area contributed by atoms with Gasteiger partial charge in [0.15, 0.2) is 0 Å². The molecule has 1 aromatic heterocycles. The highest BCUT2D eigenvalue weighted by molar-refractivity contribution is 5.95. The van der Waals surface area contributed by atoms with Crippen LogP contribution < -0.4 is 10.7 Å². The van der Waals surface area contributed by atoms with Crippen molar-refractivity contribution in [2.75, 3.05) is 0 Å². The molecule has 3 heteroatoms. The number of hydrogen-bond donors (Lipinski definition) is 1. The van der Waals surface area contributed by atoms with Gasteiger partial charge in [-0.3, -0.25) is 0 Å². The van der Waals surface area contributed by atoms with Crippen LogP contribution in [0.5, 0.6) is 0 Å². The smallest absolute Gasteiger partial charge is 0.116 e. The van der Waals surface area contributed by atoms with Gasteiger partial charge in [0.1, 0.15) is 11.7 Å². The number of aromatic amines is 1. The first-order chi connectivity index (χ1) is 7.43. The molecule has 0 spiro atoms. The predicted molar refractivity (Wildman–Crippen MR) is 60.7 cm³/mol. The molecule has 0 fully saturated rings. The summed E-state index contributed by atoms with van der Waals surface area (Å²) in [6.07, 6.45) is 7.86. The number of benzene rings is 1. The highest BCUT2D eigenvalue weighted by Gasteiger charge is 2.12. The molecule has 2 aliphatic rings. The van der Waals surface area contributed by atoms with Gasteiger partial charge >= 0.3 is 0 Å². The lowest BCUT2D eigenvalue weighted by Crippen LogP contribution is -2.03. The fourth-order valence-corrected chi connectivity index (χ4v) is 2.23. The monoisotopic (exact) mass is 193 g/mol. The van der Waals surface area contributed by atoms with Crippen LogP contribution in [0.4, 0.5) is 5.69 Å². The number of hydrogen-bond acceptors (Lipinski definition) is 2. The Bertz CT molecular complexity index is 760. The van der Waals surface area contributed by atoms with Crippen molar-refractivity contribution in [3.63, 3.8) is 0 Å². The number of H-pyrrole nitrogens is 1. The molecule has 0 atom stereocenters. The molecule has 1 aromatic carbocycles. The van der Waals surface area contributed by atoms with Crippen LogP contribution in [0.1, 0.15) is 5.56 Å². The van der Waals surface area contributed by atoms with Crippen LogP contribution in [-0.2, 0) is 0 Å². The van der Waals surface area contributed by atoms with Crippen LogP contribution in [0.15, 0.2) is 28.2 Å². The van der Waals surface area contributed by atoms with Crippen molar-refractivity contribution in [2.24, 2.45) is 9.98 Å². The quantitative estimate of drug-likeness (QED) is 0.654. The van der Waals surface area contributed by atoms with Gasteiger partial charge in [-0.15, -0.1) is 0 Å². The minimum absolute atomic E-state index is 0.963. The highest BCUT2D eigenvalue weighted by Crippen LogP contribution is 2.20. The van der Waals surface area contributed by atoms with E-state index in [9.17, 15) is 0 Å². The summed E-state index contributed by atoms with van der Waals surface area (Å²) in [5.41, 5.74) is 3.33. The zero-order valence-electron chi connectivity index (χ0n) is 7.86. The van der Waals surface area contributed by atoms with E-state index < -0.39 is 0 Å². The van der Waals surface area contributed by atoms with E-state index in [1.54, 1.807) is 6.34 Å². The third-order valence-corrected chi connectivity index (χ3v) is 2.89. The number of aromatic nitrogens is 1. The second kappa shape index (κ2) is 2.25. The van der Waals surface area contributed by atoms with E-state index in [0.29, 0.717) is 0 Å². The van der Waals surface area contributed by atoms with E-state index in [2.05, 4.69) is 39.3 Å². The van der Waals surface area contributed by atoms with Crippen LogP contribution in [0, 0.1) is 0 Å². The van der Waals surface area contributed by atoms with Gasteiger partial charge in [0.2, 0.25) is 0 Å². The fourth-order valence-electron chi connectivity index (χ4n) is 2.23. The Kier molecular flexibility index (Phi) is 1.08. The summed E-state index contributed by atoms with van der Waals surface area (Å²) in [7, 11) is 0. The molecule has 4 rings (SSSR count). The van der Waals surface area contributed by atoms with Gasteiger partial charge in [-0.1, -0.05) is 12.2 Å². The molecule has 0 unspecified atom stereocenters. The van der Waals surface area contributed by atoms with E-state index in [1.165, 1.54) is 16.3 Å². The third-order valence-electron chi connectivity index (χ3n) is 2.89. The van der Waals surface area contributed by atoms with Gasteiger partial charge in [0, 0.05) is 21.8 Å². The lowest BCUT2D eigenvalue weighted by molar-refractivity contribution is 1.38. The lowest BCUT2D eigenvalue weighted by atomic mass is 10.1. The zero-order valence-corrected chi connectivity index (χ0v) is 7.86. The van der Waals surface area contributed by atoms with Gasteiger partial charge in [-0.2, -0.15) is 0 Å². The van der Waals surface area contributed by atoms with Crippen LogP contribution in [0.3, 0.4) is 0 Å². The maximum atomic E-state index is 4.32. The maximum absolute atomic E-state index is 4.32. The molecule has 0 bridgehead atoms. The highest BCUT2D eigenvalue weighted by atomic mass is 14.9. The Hall–Kier alpha value is -2.16. The van der Waals surface area contributed by atoms with Crippen LogP contribution in [0.25, 0.3) is 23.1 Å². The standard InChI is InChI=1S/C12H7N3/c1-2-7-8(3-1)15-9-4-5-10-12(11(7)9)14-6-13-10/h1-6,15H. The molecule has 0 saturated carbocycles. The van der Waals surface area contributed by atoms with Crippen LogP contribution in [0.2, 0.25) is 0 Å². The summed E-state index contributed by atoms with van der Waals surface area (Å²) in [6, 6.07) is 4.06. The van der Waals surface area contributed by atoms with Crippen molar-refractivity contribution in [3.8, 4) is 0 Å². The molecular weight excluding hydrogens is 186 g/mol. The Morgan fingerprint density at radius 2 is 2.20 bits per heavy atom. The summed E-state index contributed by atoms with van der Waals surface area (Å²) in [6.45, 7) is 0. The SMILES string of the molecule is C1=Cc2c([nH]c3ccc4c(c23)=NC=N4)=C1. The number of allylic oxidation sites excluding steroid dienone is 1. The molecule has 0 amide bonds. The number of nitrogens with one attached hydrogen (secondary N) is 1. The second-order valence-corrected chi connectivity index (χ2v) is 3.71. The minimum atomic E-state index is 0.963. The summed E-state index contributed by atoms with van der Waals surface area (Å²) in [5.74, 6) is 0. The molecule has 2 aromatic rings. The van der Waals surface area contributed by atoms with Crippen LogP contribution >= 0.6 is 0 Å². The van der Waals surface area contributed by atoms with Crippen molar-refractivity contribution in [2.45, 2.75) is 0 Å². The zero-order chi connectivity index (χ0) is 9.83. The number of rotatable bonds is 0. The molecule has 0 radical (unpaired) electrons. The molecular formula is C12H7N3. The van der Waals surface area contributed by atoms with E-state index in [4.69, 9.17) is 0 Å². The summed E-state index contributed by atoms with van der Waals surface area (Å²) < 4.78 is 0. The van der Waals surface area contributed by atoms with E-state index in [1.807, 2.05) is 6.07 Å². The van der Waals surface area contributed by atoms with Crippen molar-refractivity contribution < 1.29 is 0 Å². The summed E-state index contributed by atoms with van der Waals surface area (Å²) in [5, 5.41) is 3.34. The van der Waals surface area contributed by atoms with Gasteiger partial charge in [-0.25, -0.2) is 9.98 Å². The average Bonchev–Trinajstić information content (AvgIpc) is 2.89. The van der Waals surface area contributed by atoms with Gasteiger partial charge < -0.3 is 4.98 Å². The first-order valence-corrected chi connectivity index (χ1v) is 4.87. The van der Waals surface area contributed by atoms with E-state index in [-0.39, 0.29) is 0 Å². The third kappa shape index (κ3) is 0.760. The number of fused-ring (bicyclic) bond motifs is 5. The molecule has 1 aliphatic heterocycles. The molecule has 70 valence electrons. The minimum Gasteiger partial charge on any atom is -0.354 e. The topological polar surface area (TPSA) is 40.5 Å². The maximum Gasteiger partial charge on any atom is 0.116 e. The number of nitrogens with zero attached hydrogens (tertiary/aromatic N) is 2. The summed E-state index contributed by atoms with van der Waals surface area (Å²) in [4.78, 5) is 11.9. The average molecular weight is 193 g/mol. The predicted octanol–water partition coefficient (Wildman–Crippen LogP) is 1.27. The van der Waals surface area contributed by atoms with Crippen molar-refractivity contribution >= 4 is 35.1 Å². The van der Waals surface area contributed by atoms with Crippen molar-refractivity contribution in [1.82, 2.24) is 4.98 Å². The van der Waals surface area contributed by atoms with Crippen molar-refractivity contribution in [1.29, 1.82) is 0 Å². The molecule has 1 N–H and O–H groups in total. The van der Waals surface area contributed by atoms with Crippen LogP contribution in [-0.4, -0.2) is 11.3 Å². The molecule has 0 saturated heterocycles. The Morgan fingerprint density at radius 1 is 1.20 bits per heavy atom. The first-order valence-electron chi connectivity index (χ1n) is 4.87. The van der Waals surface area contributed by atoms with Crippen molar-refractivity contribution in [3.05, 3.63) is 34.5 Å². The molecule has 1 aliphatic carbocycles.